The summed E-state index contributed by atoms with van der Waals surface area (Å²) < 4.78 is 1.78. The van der Waals surface area contributed by atoms with Crippen molar-refractivity contribution in [3.63, 3.8) is 0 Å². The third kappa shape index (κ3) is 2.84. The van der Waals surface area contributed by atoms with E-state index in [1.807, 2.05) is 12.4 Å². The van der Waals surface area contributed by atoms with Gasteiger partial charge in [0.1, 0.15) is 0 Å². The van der Waals surface area contributed by atoms with Crippen molar-refractivity contribution >= 4 is 0 Å². The van der Waals surface area contributed by atoms with Gasteiger partial charge in [0.2, 0.25) is 0 Å². The quantitative estimate of drug-likeness (QED) is 0.753. The lowest BCUT2D eigenvalue weighted by molar-refractivity contribution is 0.168. The van der Waals surface area contributed by atoms with Crippen molar-refractivity contribution in [2.24, 2.45) is 0 Å². The van der Waals surface area contributed by atoms with Gasteiger partial charge < -0.3 is 5.11 Å². The van der Waals surface area contributed by atoms with Crippen molar-refractivity contribution in [2.45, 2.75) is 45.8 Å². The normalized spacial score (nSPS) is 14.5. The van der Waals surface area contributed by atoms with Crippen LogP contribution in [-0.4, -0.2) is 21.0 Å². The van der Waals surface area contributed by atoms with Crippen molar-refractivity contribution in [3.05, 3.63) is 18.0 Å². The molecule has 74 valence electrons. The van der Waals surface area contributed by atoms with E-state index in [0.717, 1.165) is 0 Å². The summed E-state index contributed by atoms with van der Waals surface area (Å²) in [5.74, 6) is 0. The Morgan fingerprint density at radius 3 is 2.54 bits per heavy atom. The summed E-state index contributed by atoms with van der Waals surface area (Å²) in [6.07, 6.45) is 3.52. The van der Waals surface area contributed by atoms with Gasteiger partial charge in [0.15, 0.2) is 0 Å². The fourth-order valence-electron chi connectivity index (χ4n) is 1.12. The molecule has 0 radical (unpaired) electrons. The predicted octanol–water partition coefficient (Wildman–Crippen LogP) is 1.56. The fraction of sp³-hybridized carbons (Fsp3) is 0.700. The van der Waals surface area contributed by atoms with Crippen LogP contribution in [0, 0.1) is 0 Å². The molecule has 0 aliphatic heterocycles. The first-order valence-corrected chi connectivity index (χ1v) is 4.60. The van der Waals surface area contributed by atoms with Crippen molar-refractivity contribution < 1.29 is 5.11 Å². The first-order valence-electron chi connectivity index (χ1n) is 4.60. The topological polar surface area (TPSA) is 38.0 Å². The van der Waals surface area contributed by atoms with Crippen LogP contribution in [0.2, 0.25) is 0 Å². The zero-order chi connectivity index (χ0) is 10.1. The van der Waals surface area contributed by atoms with Crippen molar-refractivity contribution in [1.82, 2.24) is 9.78 Å². The van der Waals surface area contributed by atoms with Gasteiger partial charge in [-0.2, -0.15) is 5.10 Å². The minimum absolute atomic E-state index is 0.136. The average molecular weight is 182 g/mol. The molecule has 3 heteroatoms. The minimum Gasteiger partial charge on any atom is -0.391 e. The van der Waals surface area contributed by atoms with E-state index in [0.29, 0.717) is 6.54 Å². The van der Waals surface area contributed by atoms with Crippen molar-refractivity contribution in [2.75, 3.05) is 0 Å². The third-order valence-electron chi connectivity index (χ3n) is 1.95. The maximum absolute atomic E-state index is 9.16. The summed E-state index contributed by atoms with van der Waals surface area (Å²) in [5.41, 5.74) is 1.34. The molecule has 1 heterocycles. The SMILES string of the molecule is CC(O)Cn1cc(C(C)(C)C)cn1. The fourth-order valence-corrected chi connectivity index (χ4v) is 1.12. The van der Waals surface area contributed by atoms with Gasteiger partial charge in [-0.05, 0) is 17.9 Å². The zero-order valence-corrected chi connectivity index (χ0v) is 8.78. The van der Waals surface area contributed by atoms with Crippen LogP contribution in [0.3, 0.4) is 0 Å². The molecular weight excluding hydrogens is 164 g/mol. The van der Waals surface area contributed by atoms with E-state index >= 15 is 0 Å². The second-order valence-corrected chi connectivity index (χ2v) is 4.55. The van der Waals surface area contributed by atoms with Crippen LogP contribution in [-0.2, 0) is 12.0 Å². The third-order valence-corrected chi connectivity index (χ3v) is 1.95. The number of nitrogens with zero attached hydrogens (tertiary/aromatic N) is 2. The zero-order valence-electron chi connectivity index (χ0n) is 8.78. The Kier molecular flexibility index (Phi) is 2.76. The molecule has 3 nitrogen and oxygen atoms in total. The van der Waals surface area contributed by atoms with E-state index in [2.05, 4.69) is 25.9 Å². The second-order valence-electron chi connectivity index (χ2n) is 4.55. The minimum atomic E-state index is -0.340. The average Bonchev–Trinajstić information content (AvgIpc) is 2.32. The molecule has 0 spiro atoms. The highest BCUT2D eigenvalue weighted by atomic mass is 16.3. The summed E-state index contributed by atoms with van der Waals surface area (Å²) in [7, 11) is 0. The van der Waals surface area contributed by atoms with Crippen molar-refractivity contribution in [1.29, 1.82) is 0 Å². The Bertz CT molecular complexity index is 271. The lowest BCUT2D eigenvalue weighted by Crippen LogP contribution is -2.13. The van der Waals surface area contributed by atoms with E-state index in [-0.39, 0.29) is 11.5 Å². The van der Waals surface area contributed by atoms with E-state index in [4.69, 9.17) is 5.11 Å². The molecule has 0 aliphatic rings. The highest BCUT2D eigenvalue weighted by molar-refractivity contribution is 5.14. The lowest BCUT2D eigenvalue weighted by Gasteiger charge is -2.15. The largest absolute Gasteiger partial charge is 0.391 e. The molecule has 0 saturated heterocycles. The molecule has 13 heavy (non-hydrogen) atoms. The van der Waals surface area contributed by atoms with Gasteiger partial charge in [-0.1, -0.05) is 20.8 Å². The van der Waals surface area contributed by atoms with Crippen molar-refractivity contribution in [3.8, 4) is 0 Å². The summed E-state index contributed by atoms with van der Waals surface area (Å²) in [5, 5.41) is 13.3. The number of aliphatic hydroxyl groups excluding tert-OH is 1. The standard InChI is InChI=1S/C10H18N2O/c1-8(13)6-12-7-9(5-11-12)10(2,3)4/h5,7-8,13H,6H2,1-4H3. The maximum atomic E-state index is 9.16. The molecule has 0 amide bonds. The van der Waals surface area contributed by atoms with Gasteiger partial charge in [0.05, 0.1) is 18.8 Å². The Hall–Kier alpha value is -0.830. The molecule has 1 N–H and O–H groups in total. The van der Waals surface area contributed by atoms with E-state index in [1.54, 1.807) is 11.6 Å². The lowest BCUT2D eigenvalue weighted by atomic mass is 9.90. The molecular formula is C10H18N2O. The summed E-state index contributed by atoms with van der Waals surface area (Å²) in [4.78, 5) is 0. The van der Waals surface area contributed by atoms with Gasteiger partial charge in [-0.25, -0.2) is 0 Å². The molecule has 1 atom stereocenters. The first-order chi connectivity index (χ1) is 5.89. The highest BCUT2D eigenvalue weighted by Crippen LogP contribution is 2.20. The van der Waals surface area contributed by atoms with Gasteiger partial charge >= 0.3 is 0 Å². The number of aromatic nitrogens is 2. The summed E-state index contributed by atoms with van der Waals surface area (Å²) in [6.45, 7) is 8.78. The monoisotopic (exact) mass is 182 g/mol. The smallest absolute Gasteiger partial charge is 0.0708 e. The molecule has 1 unspecified atom stereocenters. The molecule has 0 aliphatic carbocycles. The van der Waals surface area contributed by atoms with Crippen LogP contribution in [0.5, 0.6) is 0 Å². The molecule has 0 aromatic carbocycles. The molecule has 0 bridgehead atoms. The van der Waals surface area contributed by atoms with Gasteiger partial charge in [0.25, 0.3) is 0 Å². The molecule has 0 fully saturated rings. The van der Waals surface area contributed by atoms with Crippen LogP contribution in [0.15, 0.2) is 12.4 Å². The van der Waals surface area contributed by atoms with E-state index < -0.39 is 0 Å². The second kappa shape index (κ2) is 3.50. The first kappa shape index (κ1) is 10.3. The van der Waals surface area contributed by atoms with Gasteiger partial charge in [-0.3, -0.25) is 4.68 Å². The predicted molar refractivity (Wildman–Crippen MR) is 52.6 cm³/mol. The summed E-state index contributed by atoms with van der Waals surface area (Å²) in [6, 6.07) is 0. The van der Waals surface area contributed by atoms with Gasteiger partial charge in [-0.15, -0.1) is 0 Å². The Labute approximate surface area is 79.4 Å². The van der Waals surface area contributed by atoms with Gasteiger partial charge in [0, 0.05) is 6.20 Å². The van der Waals surface area contributed by atoms with Crippen LogP contribution >= 0.6 is 0 Å². The van der Waals surface area contributed by atoms with Crippen LogP contribution < -0.4 is 0 Å². The molecule has 0 saturated carbocycles. The Balaban J connectivity index is 2.75. The maximum Gasteiger partial charge on any atom is 0.0708 e. The number of rotatable bonds is 2. The summed E-state index contributed by atoms with van der Waals surface area (Å²) >= 11 is 0. The number of hydrogen-bond acceptors (Lipinski definition) is 2. The van der Waals surface area contributed by atoms with Crippen LogP contribution in [0.4, 0.5) is 0 Å². The molecule has 1 aromatic heterocycles. The number of hydrogen-bond donors (Lipinski definition) is 1. The molecule has 1 aromatic rings. The van der Waals surface area contributed by atoms with Crippen LogP contribution in [0.1, 0.15) is 33.3 Å². The highest BCUT2D eigenvalue weighted by Gasteiger charge is 2.15. The Morgan fingerprint density at radius 1 is 1.54 bits per heavy atom. The number of aliphatic hydroxyl groups is 1. The Morgan fingerprint density at radius 2 is 2.15 bits per heavy atom. The van der Waals surface area contributed by atoms with E-state index in [9.17, 15) is 0 Å². The molecule has 1 rings (SSSR count). The van der Waals surface area contributed by atoms with E-state index in [1.165, 1.54) is 5.56 Å². The van der Waals surface area contributed by atoms with Crippen LogP contribution in [0.25, 0.3) is 0 Å².